The Balaban J connectivity index is 1.72. The molecule has 1 heteroatoms. The number of hydrogen-bond donors (Lipinski definition) is 1. The molecule has 0 bridgehead atoms. The van der Waals surface area contributed by atoms with Gasteiger partial charge in [-0.05, 0) is 49.9 Å². The third-order valence-electron chi connectivity index (χ3n) is 5.19. The molecular formula is C15H29N. The van der Waals surface area contributed by atoms with Crippen LogP contribution in [0.4, 0.5) is 0 Å². The van der Waals surface area contributed by atoms with Crippen LogP contribution in [0.3, 0.4) is 0 Å². The minimum atomic E-state index is 0.692. The van der Waals surface area contributed by atoms with Crippen molar-refractivity contribution in [1.82, 2.24) is 5.32 Å². The van der Waals surface area contributed by atoms with E-state index in [2.05, 4.69) is 19.2 Å². The SMILES string of the molecule is CCC1(CNC2CCCC(C)CC2)CCC1. The van der Waals surface area contributed by atoms with E-state index in [4.69, 9.17) is 0 Å². The summed E-state index contributed by atoms with van der Waals surface area (Å²) in [6, 6.07) is 0.828. The number of hydrogen-bond acceptors (Lipinski definition) is 1. The van der Waals surface area contributed by atoms with Gasteiger partial charge in [0.25, 0.3) is 0 Å². The summed E-state index contributed by atoms with van der Waals surface area (Å²) in [5, 5.41) is 3.88. The lowest BCUT2D eigenvalue weighted by Crippen LogP contribution is -2.43. The molecule has 0 spiro atoms. The molecule has 2 atom stereocenters. The molecule has 16 heavy (non-hydrogen) atoms. The molecule has 1 nitrogen and oxygen atoms in total. The second kappa shape index (κ2) is 5.53. The molecule has 1 N–H and O–H groups in total. The third-order valence-corrected chi connectivity index (χ3v) is 5.19. The Morgan fingerprint density at radius 2 is 1.88 bits per heavy atom. The van der Waals surface area contributed by atoms with Crippen LogP contribution >= 0.6 is 0 Å². The summed E-state index contributed by atoms with van der Waals surface area (Å²) in [4.78, 5) is 0. The summed E-state index contributed by atoms with van der Waals surface area (Å²) in [5.41, 5.74) is 0.692. The van der Waals surface area contributed by atoms with E-state index >= 15 is 0 Å². The van der Waals surface area contributed by atoms with Crippen LogP contribution in [0, 0.1) is 11.3 Å². The molecule has 0 radical (unpaired) electrons. The molecule has 2 fully saturated rings. The van der Waals surface area contributed by atoms with Gasteiger partial charge in [0.2, 0.25) is 0 Å². The van der Waals surface area contributed by atoms with Crippen molar-refractivity contribution in [2.24, 2.45) is 11.3 Å². The highest BCUT2D eigenvalue weighted by atomic mass is 14.9. The summed E-state index contributed by atoms with van der Waals surface area (Å²) >= 11 is 0. The van der Waals surface area contributed by atoms with Gasteiger partial charge >= 0.3 is 0 Å². The van der Waals surface area contributed by atoms with E-state index in [-0.39, 0.29) is 0 Å². The zero-order chi connectivity index (χ0) is 11.4. The molecule has 0 aromatic carbocycles. The fourth-order valence-corrected chi connectivity index (χ4v) is 3.38. The first kappa shape index (κ1) is 12.4. The van der Waals surface area contributed by atoms with Crippen molar-refractivity contribution in [3.05, 3.63) is 0 Å². The van der Waals surface area contributed by atoms with Crippen molar-refractivity contribution in [3.8, 4) is 0 Å². The van der Waals surface area contributed by atoms with E-state index in [9.17, 15) is 0 Å². The maximum Gasteiger partial charge on any atom is 0.00673 e. The standard InChI is InChI=1S/C15H29N/c1-3-15(10-5-11-15)12-16-14-7-4-6-13(2)8-9-14/h13-14,16H,3-12H2,1-2H3. The molecule has 0 aromatic rings. The summed E-state index contributed by atoms with van der Waals surface area (Å²) in [5.74, 6) is 0.968. The van der Waals surface area contributed by atoms with E-state index in [1.165, 1.54) is 64.3 Å². The predicted molar refractivity (Wildman–Crippen MR) is 70.6 cm³/mol. The van der Waals surface area contributed by atoms with Gasteiger partial charge < -0.3 is 5.32 Å². The molecule has 2 unspecified atom stereocenters. The van der Waals surface area contributed by atoms with Crippen molar-refractivity contribution in [3.63, 3.8) is 0 Å². The van der Waals surface area contributed by atoms with E-state index in [0.717, 1.165) is 12.0 Å². The average Bonchev–Trinajstić information content (AvgIpc) is 2.43. The fraction of sp³-hybridized carbons (Fsp3) is 1.00. The molecule has 2 aliphatic rings. The van der Waals surface area contributed by atoms with Gasteiger partial charge in [0.05, 0.1) is 0 Å². The van der Waals surface area contributed by atoms with Gasteiger partial charge in [-0.25, -0.2) is 0 Å². The zero-order valence-electron chi connectivity index (χ0n) is 11.2. The predicted octanol–water partition coefficient (Wildman–Crippen LogP) is 4.13. The zero-order valence-corrected chi connectivity index (χ0v) is 11.2. The van der Waals surface area contributed by atoms with E-state index in [0.29, 0.717) is 5.41 Å². The summed E-state index contributed by atoms with van der Waals surface area (Å²) in [7, 11) is 0. The van der Waals surface area contributed by atoms with Crippen molar-refractivity contribution in [2.75, 3.05) is 6.54 Å². The normalized spacial score (nSPS) is 34.1. The van der Waals surface area contributed by atoms with Crippen LogP contribution in [0.1, 0.15) is 71.6 Å². The van der Waals surface area contributed by atoms with Gasteiger partial charge in [-0.1, -0.05) is 33.1 Å². The molecule has 0 aliphatic heterocycles. The molecule has 2 saturated carbocycles. The highest BCUT2D eigenvalue weighted by Gasteiger charge is 2.35. The monoisotopic (exact) mass is 223 g/mol. The minimum absolute atomic E-state index is 0.692. The second-order valence-electron chi connectivity index (χ2n) is 6.40. The van der Waals surface area contributed by atoms with Gasteiger partial charge in [-0.2, -0.15) is 0 Å². The fourth-order valence-electron chi connectivity index (χ4n) is 3.38. The smallest absolute Gasteiger partial charge is 0.00673 e. The molecule has 0 heterocycles. The molecule has 0 saturated heterocycles. The lowest BCUT2D eigenvalue weighted by Gasteiger charge is -2.42. The van der Waals surface area contributed by atoms with Crippen molar-refractivity contribution in [2.45, 2.75) is 77.7 Å². The first-order valence-corrected chi connectivity index (χ1v) is 7.47. The molecule has 2 aliphatic carbocycles. The summed E-state index contributed by atoms with van der Waals surface area (Å²) < 4.78 is 0. The molecular weight excluding hydrogens is 194 g/mol. The molecule has 0 aromatic heterocycles. The number of nitrogens with one attached hydrogen (secondary N) is 1. The molecule has 94 valence electrons. The van der Waals surface area contributed by atoms with Crippen molar-refractivity contribution < 1.29 is 0 Å². The van der Waals surface area contributed by atoms with E-state index < -0.39 is 0 Å². The maximum absolute atomic E-state index is 3.88. The number of rotatable bonds is 4. The van der Waals surface area contributed by atoms with Gasteiger partial charge in [0, 0.05) is 12.6 Å². The summed E-state index contributed by atoms with van der Waals surface area (Å²) in [6.45, 7) is 6.08. The van der Waals surface area contributed by atoms with Gasteiger partial charge in [-0.15, -0.1) is 0 Å². The highest BCUT2D eigenvalue weighted by Crippen LogP contribution is 2.43. The third kappa shape index (κ3) is 3.00. The molecule has 0 amide bonds. The Morgan fingerprint density at radius 1 is 1.06 bits per heavy atom. The van der Waals surface area contributed by atoms with Gasteiger partial charge in [-0.3, -0.25) is 0 Å². The van der Waals surface area contributed by atoms with Crippen molar-refractivity contribution >= 4 is 0 Å². The first-order valence-electron chi connectivity index (χ1n) is 7.47. The Morgan fingerprint density at radius 3 is 2.50 bits per heavy atom. The Kier molecular flexibility index (Phi) is 4.29. The van der Waals surface area contributed by atoms with Crippen LogP contribution < -0.4 is 5.32 Å². The van der Waals surface area contributed by atoms with Crippen molar-refractivity contribution in [1.29, 1.82) is 0 Å². The lowest BCUT2D eigenvalue weighted by atomic mass is 9.67. The van der Waals surface area contributed by atoms with Gasteiger partial charge in [0.1, 0.15) is 0 Å². The topological polar surface area (TPSA) is 12.0 Å². The van der Waals surface area contributed by atoms with E-state index in [1.54, 1.807) is 0 Å². The van der Waals surface area contributed by atoms with E-state index in [1.807, 2.05) is 0 Å². The average molecular weight is 223 g/mol. The minimum Gasteiger partial charge on any atom is -0.313 e. The Bertz CT molecular complexity index is 202. The largest absolute Gasteiger partial charge is 0.313 e. The highest BCUT2D eigenvalue weighted by molar-refractivity contribution is 4.89. The van der Waals surface area contributed by atoms with Crippen LogP contribution in [-0.4, -0.2) is 12.6 Å². The van der Waals surface area contributed by atoms with Crippen LogP contribution in [0.2, 0.25) is 0 Å². The van der Waals surface area contributed by atoms with Crippen LogP contribution in [-0.2, 0) is 0 Å². The summed E-state index contributed by atoms with van der Waals surface area (Å²) in [6.07, 6.45) is 13.0. The van der Waals surface area contributed by atoms with Crippen LogP contribution in [0.5, 0.6) is 0 Å². The Labute approximate surface area is 101 Å². The first-order chi connectivity index (χ1) is 7.74. The quantitative estimate of drug-likeness (QED) is 0.707. The Hall–Kier alpha value is -0.0400. The molecule has 2 rings (SSSR count). The van der Waals surface area contributed by atoms with Crippen LogP contribution in [0.15, 0.2) is 0 Å². The van der Waals surface area contributed by atoms with Crippen LogP contribution in [0.25, 0.3) is 0 Å². The van der Waals surface area contributed by atoms with Gasteiger partial charge in [0.15, 0.2) is 0 Å². The lowest BCUT2D eigenvalue weighted by molar-refractivity contribution is 0.117. The maximum atomic E-state index is 3.88. The second-order valence-corrected chi connectivity index (χ2v) is 6.40.